The van der Waals surface area contributed by atoms with E-state index in [0.29, 0.717) is 24.3 Å². The van der Waals surface area contributed by atoms with Gasteiger partial charge in [0.25, 0.3) is 0 Å². The minimum absolute atomic E-state index is 0.135. The summed E-state index contributed by atoms with van der Waals surface area (Å²) in [6, 6.07) is 8.16. The van der Waals surface area contributed by atoms with Gasteiger partial charge in [0.1, 0.15) is 0 Å². The van der Waals surface area contributed by atoms with Crippen molar-refractivity contribution in [1.29, 1.82) is 5.26 Å². The van der Waals surface area contributed by atoms with Crippen LogP contribution in [0.25, 0.3) is 0 Å². The van der Waals surface area contributed by atoms with Gasteiger partial charge in [-0.15, -0.1) is 0 Å². The number of hydrogen-bond donors (Lipinski definition) is 3. The van der Waals surface area contributed by atoms with Gasteiger partial charge in [0.05, 0.1) is 11.6 Å². The van der Waals surface area contributed by atoms with Crippen molar-refractivity contribution in [2.24, 2.45) is 0 Å². The van der Waals surface area contributed by atoms with Gasteiger partial charge in [-0.1, -0.05) is 0 Å². The Hall–Kier alpha value is -2.55. The molecule has 94 valence electrons. The number of amides is 3. The molecule has 6 heteroatoms. The van der Waals surface area contributed by atoms with Gasteiger partial charge in [-0.2, -0.15) is 5.26 Å². The van der Waals surface area contributed by atoms with Crippen LogP contribution in [-0.4, -0.2) is 25.0 Å². The molecule has 0 bridgehead atoms. The van der Waals surface area contributed by atoms with E-state index in [-0.39, 0.29) is 11.9 Å². The lowest BCUT2D eigenvalue weighted by atomic mass is 10.2. The Balaban J connectivity index is 2.31. The average Bonchev–Trinajstić information content (AvgIpc) is 2.35. The molecule has 3 N–H and O–H groups in total. The van der Waals surface area contributed by atoms with Gasteiger partial charge in [-0.3, -0.25) is 4.79 Å². The predicted octanol–water partition coefficient (Wildman–Crippen LogP) is 0.816. The zero-order valence-corrected chi connectivity index (χ0v) is 9.99. The number of hydrogen-bond acceptors (Lipinski definition) is 3. The summed E-state index contributed by atoms with van der Waals surface area (Å²) in [5.74, 6) is -0.135. The van der Waals surface area contributed by atoms with Crippen molar-refractivity contribution in [2.75, 3.05) is 18.4 Å². The number of carbonyl (C=O) groups is 2. The van der Waals surface area contributed by atoms with Gasteiger partial charge in [-0.25, -0.2) is 4.79 Å². The van der Waals surface area contributed by atoms with Crippen molar-refractivity contribution in [3.8, 4) is 6.07 Å². The number of rotatable bonds is 4. The Bertz CT molecular complexity index is 462. The number of carbonyl (C=O) groups excluding carboxylic acids is 2. The Morgan fingerprint density at radius 3 is 2.33 bits per heavy atom. The molecule has 0 aliphatic rings. The van der Waals surface area contributed by atoms with E-state index in [1.165, 1.54) is 6.92 Å². The Morgan fingerprint density at radius 2 is 1.78 bits per heavy atom. The van der Waals surface area contributed by atoms with E-state index >= 15 is 0 Å². The molecule has 1 rings (SSSR count). The maximum absolute atomic E-state index is 11.4. The number of nitriles is 1. The molecule has 0 spiro atoms. The molecule has 1 aromatic carbocycles. The van der Waals surface area contributed by atoms with Crippen LogP contribution in [-0.2, 0) is 4.79 Å². The van der Waals surface area contributed by atoms with Crippen molar-refractivity contribution in [1.82, 2.24) is 10.6 Å². The van der Waals surface area contributed by atoms with Crippen molar-refractivity contribution >= 4 is 17.6 Å². The number of urea groups is 1. The second kappa shape index (κ2) is 6.91. The molecule has 3 amide bonds. The third-order valence-electron chi connectivity index (χ3n) is 2.06. The fraction of sp³-hybridized carbons (Fsp3) is 0.250. The molecular formula is C12H14N4O2. The summed E-state index contributed by atoms with van der Waals surface area (Å²) in [6.45, 7) is 2.15. The minimum atomic E-state index is -0.356. The highest BCUT2D eigenvalue weighted by atomic mass is 16.2. The topological polar surface area (TPSA) is 94.0 Å². The summed E-state index contributed by atoms with van der Waals surface area (Å²) < 4.78 is 0. The van der Waals surface area contributed by atoms with E-state index in [9.17, 15) is 9.59 Å². The summed E-state index contributed by atoms with van der Waals surface area (Å²) in [5, 5.41) is 16.4. The van der Waals surface area contributed by atoms with Crippen LogP contribution in [0.15, 0.2) is 24.3 Å². The maximum Gasteiger partial charge on any atom is 0.319 e. The first kappa shape index (κ1) is 13.5. The molecule has 0 aromatic heterocycles. The van der Waals surface area contributed by atoms with E-state index in [4.69, 9.17) is 5.26 Å². The van der Waals surface area contributed by atoms with Crippen LogP contribution < -0.4 is 16.0 Å². The molecule has 1 aromatic rings. The summed E-state index contributed by atoms with van der Waals surface area (Å²) in [4.78, 5) is 22.0. The molecular weight excluding hydrogens is 232 g/mol. The lowest BCUT2D eigenvalue weighted by molar-refractivity contribution is -0.118. The van der Waals surface area contributed by atoms with Crippen LogP contribution in [0.2, 0.25) is 0 Å². The van der Waals surface area contributed by atoms with Gasteiger partial charge < -0.3 is 16.0 Å². The van der Waals surface area contributed by atoms with Crippen LogP contribution in [0.3, 0.4) is 0 Å². The van der Waals surface area contributed by atoms with Crippen LogP contribution in [0.4, 0.5) is 10.5 Å². The van der Waals surface area contributed by atoms with Crippen molar-refractivity contribution in [3.63, 3.8) is 0 Å². The molecule has 0 atom stereocenters. The Kier molecular flexibility index (Phi) is 5.19. The number of nitrogens with one attached hydrogen (secondary N) is 3. The van der Waals surface area contributed by atoms with E-state index in [1.807, 2.05) is 6.07 Å². The fourth-order valence-electron chi connectivity index (χ4n) is 1.22. The molecule has 6 nitrogen and oxygen atoms in total. The maximum atomic E-state index is 11.4. The second-order valence-electron chi connectivity index (χ2n) is 3.55. The Morgan fingerprint density at radius 1 is 1.17 bits per heavy atom. The number of anilines is 1. The normalized spacial score (nSPS) is 9.11. The third kappa shape index (κ3) is 4.99. The highest BCUT2D eigenvalue weighted by Gasteiger charge is 2.00. The first-order chi connectivity index (χ1) is 8.61. The number of nitrogens with zero attached hydrogens (tertiary/aromatic N) is 1. The van der Waals surface area contributed by atoms with E-state index in [0.717, 1.165) is 0 Å². The van der Waals surface area contributed by atoms with Crippen molar-refractivity contribution in [3.05, 3.63) is 29.8 Å². The molecule has 0 saturated heterocycles. The summed E-state index contributed by atoms with van der Waals surface area (Å²) in [5.41, 5.74) is 1.14. The zero-order chi connectivity index (χ0) is 13.4. The van der Waals surface area contributed by atoms with Crippen molar-refractivity contribution in [2.45, 2.75) is 6.92 Å². The van der Waals surface area contributed by atoms with Gasteiger partial charge in [0.15, 0.2) is 0 Å². The largest absolute Gasteiger partial charge is 0.355 e. The lowest BCUT2D eigenvalue weighted by Gasteiger charge is -2.07. The summed E-state index contributed by atoms with van der Waals surface area (Å²) in [7, 11) is 0. The summed E-state index contributed by atoms with van der Waals surface area (Å²) >= 11 is 0. The fourth-order valence-corrected chi connectivity index (χ4v) is 1.22. The second-order valence-corrected chi connectivity index (χ2v) is 3.55. The smallest absolute Gasteiger partial charge is 0.319 e. The zero-order valence-electron chi connectivity index (χ0n) is 9.99. The van der Waals surface area contributed by atoms with Gasteiger partial charge in [0, 0.05) is 25.7 Å². The molecule has 0 saturated carbocycles. The number of benzene rings is 1. The minimum Gasteiger partial charge on any atom is -0.355 e. The first-order valence-electron chi connectivity index (χ1n) is 5.41. The monoisotopic (exact) mass is 246 g/mol. The molecule has 0 radical (unpaired) electrons. The van der Waals surface area contributed by atoms with Gasteiger partial charge >= 0.3 is 6.03 Å². The van der Waals surface area contributed by atoms with Gasteiger partial charge in [0.2, 0.25) is 5.91 Å². The van der Waals surface area contributed by atoms with E-state index in [1.54, 1.807) is 24.3 Å². The molecule has 0 aliphatic carbocycles. The molecule has 0 aliphatic heterocycles. The van der Waals surface area contributed by atoms with E-state index in [2.05, 4.69) is 16.0 Å². The molecule has 0 fully saturated rings. The highest BCUT2D eigenvalue weighted by molar-refractivity contribution is 5.89. The van der Waals surface area contributed by atoms with Crippen LogP contribution in [0, 0.1) is 11.3 Å². The highest BCUT2D eigenvalue weighted by Crippen LogP contribution is 2.08. The standard InChI is InChI=1S/C12H14N4O2/c1-9(17)14-6-7-15-12(18)16-11-4-2-10(8-13)3-5-11/h2-5H,6-7H2,1H3,(H,14,17)(H2,15,16,18). The van der Waals surface area contributed by atoms with Crippen LogP contribution in [0.5, 0.6) is 0 Å². The van der Waals surface area contributed by atoms with E-state index < -0.39 is 0 Å². The quantitative estimate of drug-likeness (QED) is 0.686. The first-order valence-corrected chi connectivity index (χ1v) is 5.41. The third-order valence-corrected chi connectivity index (χ3v) is 2.06. The average molecular weight is 246 g/mol. The Labute approximate surface area is 105 Å². The van der Waals surface area contributed by atoms with Crippen LogP contribution in [0.1, 0.15) is 12.5 Å². The van der Waals surface area contributed by atoms with Gasteiger partial charge in [-0.05, 0) is 24.3 Å². The molecule has 0 unspecified atom stereocenters. The lowest BCUT2D eigenvalue weighted by Crippen LogP contribution is -2.36. The van der Waals surface area contributed by atoms with Crippen molar-refractivity contribution < 1.29 is 9.59 Å². The SMILES string of the molecule is CC(=O)NCCNC(=O)Nc1ccc(C#N)cc1. The molecule has 18 heavy (non-hydrogen) atoms. The predicted molar refractivity (Wildman–Crippen MR) is 66.9 cm³/mol. The van der Waals surface area contributed by atoms with Crippen LogP contribution >= 0.6 is 0 Å². The molecule has 0 heterocycles. The summed E-state index contributed by atoms with van der Waals surface area (Å²) in [6.07, 6.45) is 0.